The van der Waals surface area contributed by atoms with Gasteiger partial charge in [-0.3, -0.25) is 19.8 Å². The Balaban J connectivity index is 1.58. The van der Waals surface area contributed by atoms with Crippen molar-refractivity contribution in [2.24, 2.45) is 0 Å². The topological polar surface area (TPSA) is 66.5 Å². The number of imide groups is 1. The van der Waals surface area contributed by atoms with Crippen LogP contribution < -0.4 is 5.43 Å². The number of nitrogens with zero attached hydrogens (tertiary/aromatic N) is 1. The lowest BCUT2D eigenvalue weighted by atomic mass is 9.82. The van der Waals surface area contributed by atoms with E-state index in [9.17, 15) is 14.4 Å². The minimum Gasteiger partial charge on any atom is -0.273 e. The fraction of sp³-hybridized carbons (Fsp3) is 0.211. The molecule has 120 valence electrons. The van der Waals surface area contributed by atoms with Crippen molar-refractivity contribution in [2.75, 3.05) is 0 Å². The Morgan fingerprint density at radius 2 is 1.58 bits per heavy atom. The summed E-state index contributed by atoms with van der Waals surface area (Å²) in [6.45, 7) is 0. The zero-order valence-electron chi connectivity index (χ0n) is 13.0. The highest BCUT2D eigenvalue weighted by Gasteiger charge is 2.38. The maximum absolute atomic E-state index is 12.7. The summed E-state index contributed by atoms with van der Waals surface area (Å²) in [6.07, 6.45) is 2.58. The maximum atomic E-state index is 12.7. The van der Waals surface area contributed by atoms with Gasteiger partial charge in [0.2, 0.25) is 5.91 Å². The monoisotopic (exact) mass is 320 g/mol. The van der Waals surface area contributed by atoms with E-state index in [1.54, 1.807) is 24.3 Å². The highest BCUT2D eigenvalue weighted by molar-refractivity contribution is 6.21. The molecule has 5 heteroatoms. The zero-order chi connectivity index (χ0) is 16.7. The van der Waals surface area contributed by atoms with Gasteiger partial charge in [0.1, 0.15) is 0 Å². The molecule has 1 aliphatic heterocycles. The van der Waals surface area contributed by atoms with Gasteiger partial charge in [0, 0.05) is 0 Å². The summed E-state index contributed by atoms with van der Waals surface area (Å²) in [4.78, 5) is 37.4. The van der Waals surface area contributed by atoms with Crippen LogP contribution >= 0.6 is 0 Å². The second-order valence-electron chi connectivity index (χ2n) is 6.11. The lowest BCUT2D eigenvalue weighted by molar-refractivity contribution is -0.126. The van der Waals surface area contributed by atoms with Gasteiger partial charge in [0.05, 0.1) is 17.0 Å². The predicted molar refractivity (Wildman–Crippen MR) is 87.2 cm³/mol. The van der Waals surface area contributed by atoms with Gasteiger partial charge in [-0.15, -0.1) is 0 Å². The number of rotatable bonds is 2. The predicted octanol–water partition coefficient (Wildman–Crippen LogP) is 2.43. The third-order valence-corrected chi connectivity index (χ3v) is 4.70. The number of carbonyl (C=O) groups excluding carboxylic acids is 3. The van der Waals surface area contributed by atoms with E-state index in [1.807, 2.05) is 24.3 Å². The van der Waals surface area contributed by atoms with Crippen molar-refractivity contribution in [1.29, 1.82) is 0 Å². The number of carbonyl (C=O) groups is 3. The number of fused-ring (bicyclic) bond motifs is 2. The van der Waals surface area contributed by atoms with Crippen LogP contribution in [0.5, 0.6) is 0 Å². The molecule has 3 amide bonds. The van der Waals surface area contributed by atoms with E-state index in [0.29, 0.717) is 17.5 Å². The van der Waals surface area contributed by atoms with Crippen molar-refractivity contribution >= 4 is 17.7 Å². The molecule has 0 fully saturated rings. The first-order valence-electron chi connectivity index (χ1n) is 8.03. The van der Waals surface area contributed by atoms with Gasteiger partial charge in [0.25, 0.3) is 11.8 Å². The summed E-state index contributed by atoms with van der Waals surface area (Å²) in [5.74, 6) is -1.60. The third kappa shape index (κ3) is 2.21. The second kappa shape index (κ2) is 5.60. The van der Waals surface area contributed by atoms with Crippen LogP contribution in [0.15, 0.2) is 48.5 Å². The standard InChI is InChI=1S/C19H16N2O3/c22-17(14-11-5-7-12-6-1-2-8-13(12)14)20-21-18(23)15-9-3-4-10-16(15)19(21)24/h1-4,6,8-10,14H,5,7,11H2,(H,20,22)/t14-/m1/s1. The first kappa shape index (κ1) is 14.6. The molecule has 2 aliphatic rings. The molecule has 1 heterocycles. The number of benzene rings is 2. The van der Waals surface area contributed by atoms with E-state index in [1.165, 1.54) is 0 Å². The van der Waals surface area contributed by atoms with Gasteiger partial charge in [-0.05, 0) is 42.5 Å². The van der Waals surface area contributed by atoms with Crippen LogP contribution in [0.25, 0.3) is 0 Å². The Morgan fingerprint density at radius 3 is 2.29 bits per heavy atom. The molecule has 2 aromatic rings. The van der Waals surface area contributed by atoms with Gasteiger partial charge >= 0.3 is 0 Å². The maximum Gasteiger partial charge on any atom is 0.280 e. The highest BCUT2D eigenvalue weighted by atomic mass is 16.2. The molecule has 1 aliphatic carbocycles. The van der Waals surface area contributed by atoms with Gasteiger partial charge in [-0.2, -0.15) is 5.01 Å². The van der Waals surface area contributed by atoms with Crippen molar-refractivity contribution in [3.63, 3.8) is 0 Å². The normalized spacial score (nSPS) is 19.0. The van der Waals surface area contributed by atoms with Gasteiger partial charge in [-0.25, -0.2) is 0 Å². The van der Waals surface area contributed by atoms with Gasteiger partial charge in [-0.1, -0.05) is 36.4 Å². The molecule has 4 rings (SSSR count). The average Bonchev–Trinajstić information content (AvgIpc) is 2.86. The highest BCUT2D eigenvalue weighted by Crippen LogP contribution is 2.32. The van der Waals surface area contributed by atoms with Crippen molar-refractivity contribution < 1.29 is 14.4 Å². The van der Waals surface area contributed by atoms with Crippen LogP contribution in [-0.2, 0) is 11.2 Å². The summed E-state index contributed by atoms with van der Waals surface area (Å²) >= 11 is 0. The molecule has 1 atom stereocenters. The Morgan fingerprint density at radius 1 is 0.958 bits per heavy atom. The molecule has 5 nitrogen and oxygen atoms in total. The smallest absolute Gasteiger partial charge is 0.273 e. The molecule has 0 saturated heterocycles. The number of nitrogens with one attached hydrogen (secondary N) is 1. The van der Waals surface area contributed by atoms with Crippen LogP contribution in [0.2, 0.25) is 0 Å². The van der Waals surface area contributed by atoms with E-state index >= 15 is 0 Å². The fourth-order valence-electron chi connectivity index (χ4n) is 3.51. The van der Waals surface area contributed by atoms with Gasteiger partial charge in [0.15, 0.2) is 0 Å². The van der Waals surface area contributed by atoms with E-state index < -0.39 is 11.8 Å². The van der Waals surface area contributed by atoms with E-state index in [-0.39, 0.29) is 11.8 Å². The minimum absolute atomic E-state index is 0.309. The van der Waals surface area contributed by atoms with Crippen LogP contribution in [0.4, 0.5) is 0 Å². The third-order valence-electron chi connectivity index (χ3n) is 4.70. The quantitative estimate of drug-likeness (QED) is 0.864. The first-order valence-corrected chi connectivity index (χ1v) is 8.03. The molecule has 2 aromatic carbocycles. The molecule has 0 saturated carbocycles. The molecular formula is C19H16N2O3. The number of aryl methyl sites for hydroxylation is 1. The Bertz CT molecular complexity index is 824. The van der Waals surface area contributed by atoms with Crippen LogP contribution in [0.3, 0.4) is 0 Å². The molecule has 24 heavy (non-hydrogen) atoms. The summed E-state index contributed by atoms with van der Waals surface area (Å²) in [6, 6.07) is 14.4. The second-order valence-corrected chi connectivity index (χ2v) is 6.11. The lowest BCUT2D eigenvalue weighted by Crippen LogP contribution is -2.48. The molecule has 0 aromatic heterocycles. The van der Waals surface area contributed by atoms with Crippen LogP contribution in [0, 0.1) is 0 Å². The number of hydrazine groups is 1. The number of hydrogen-bond donors (Lipinski definition) is 1. The Labute approximate surface area is 139 Å². The largest absolute Gasteiger partial charge is 0.280 e. The minimum atomic E-state index is -0.479. The van der Waals surface area contributed by atoms with E-state index in [0.717, 1.165) is 29.0 Å². The first-order chi connectivity index (χ1) is 11.7. The molecule has 0 unspecified atom stereocenters. The van der Waals surface area contributed by atoms with Crippen LogP contribution in [0.1, 0.15) is 50.6 Å². The van der Waals surface area contributed by atoms with E-state index in [2.05, 4.69) is 5.43 Å². The van der Waals surface area contributed by atoms with Crippen molar-refractivity contribution in [3.05, 3.63) is 70.8 Å². The van der Waals surface area contributed by atoms with Crippen molar-refractivity contribution in [3.8, 4) is 0 Å². The van der Waals surface area contributed by atoms with Gasteiger partial charge < -0.3 is 0 Å². The Kier molecular flexibility index (Phi) is 3.41. The summed E-state index contributed by atoms with van der Waals surface area (Å²) in [7, 11) is 0. The van der Waals surface area contributed by atoms with Crippen molar-refractivity contribution in [1.82, 2.24) is 10.4 Å². The van der Waals surface area contributed by atoms with E-state index in [4.69, 9.17) is 0 Å². The van der Waals surface area contributed by atoms with Crippen LogP contribution in [-0.4, -0.2) is 22.7 Å². The average molecular weight is 320 g/mol. The molecule has 0 bridgehead atoms. The molecule has 1 N–H and O–H groups in total. The Hall–Kier alpha value is -2.95. The zero-order valence-corrected chi connectivity index (χ0v) is 13.0. The molecule has 0 radical (unpaired) electrons. The SMILES string of the molecule is O=C(NN1C(=O)c2ccccc2C1=O)[C@@H]1CCCc2ccccc21. The number of amides is 3. The summed E-state index contributed by atoms with van der Waals surface area (Å²) in [5, 5.41) is 0.838. The molecule has 0 spiro atoms. The lowest BCUT2D eigenvalue weighted by Gasteiger charge is -2.26. The van der Waals surface area contributed by atoms with Crippen molar-refractivity contribution in [2.45, 2.75) is 25.2 Å². The molecular weight excluding hydrogens is 304 g/mol. The number of hydrogen-bond acceptors (Lipinski definition) is 3. The summed E-state index contributed by atoms with van der Waals surface area (Å²) < 4.78 is 0. The summed E-state index contributed by atoms with van der Waals surface area (Å²) in [5.41, 5.74) is 5.33. The fourth-order valence-corrected chi connectivity index (χ4v) is 3.51.